The number of ether oxygens (including phenoxy) is 3. The van der Waals surface area contributed by atoms with E-state index < -0.39 is 23.2 Å². The van der Waals surface area contributed by atoms with Crippen molar-refractivity contribution in [1.29, 1.82) is 0 Å². The highest BCUT2D eigenvalue weighted by Gasteiger charge is 2.36. The fourth-order valence-electron chi connectivity index (χ4n) is 3.21. The van der Waals surface area contributed by atoms with Crippen LogP contribution in [-0.2, 0) is 21.4 Å². The van der Waals surface area contributed by atoms with Crippen molar-refractivity contribution >= 4 is 12.1 Å². The molecule has 0 radical (unpaired) electrons. The summed E-state index contributed by atoms with van der Waals surface area (Å²) in [6, 6.07) is 12.6. The Kier molecular flexibility index (Phi) is 7.19. The largest absolute Gasteiger partial charge is 0.481 e. The molecule has 10 heteroatoms. The molecule has 0 fully saturated rings. The molecule has 0 bridgehead atoms. The van der Waals surface area contributed by atoms with Crippen LogP contribution in [0.15, 0.2) is 46.9 Å². The predicted molar refractivity (Wildman–Crippen MR) is 122 cm³/mol. The summed E-state index contributed by atoms with van der Waals surface area (Å²) >= 11 is 0. The van der Waals surface area contributed by atoms with Crippen LogP contribution < -0.4 is 10.1 Å². The van der Waals surface area contributed by atoms with Crippen molar-refractivity contribution in [2.75, 3.05) is 14.2 Å². The molecule has 1 aromatic carbocycles. The zero-order valence-electron chi connectivity index (χ0n) is 20.0. The van der Waals surface area contributed by atoms with Gasteiger partial charge in [0.25, 0.3) is 0 Å². The highest BCUT2D eigenvalue weighted by molar-refractivity contribution is 5.88. The lowest BCUT2D eigenvalue weighted by atomic mass is 9.92. The Labute approximate surface area is 197 Å². The van der Waals surface area contributed by atoms with E-state index in [-0.39, 0.29) is 23.4 Å². The zero-order chi connectivity index (χ0) is 24.9. The van der Waals surface area contributed by atoms with Crippen LogP contribution >= 0.6 is 0 Å². The first-order valence-corrected chi connectivity index (χ1v) is 10.6. The summed E-state index contributed by atoms with van der Waals surface area (Å²) < 4.78 is 21.4. The van der Waals surface area contributed by atoms with E-state index in [1.54, 1.807) is 33.8 Å². The Hall–Kier alpha value is -3.95. The van der Waals surface area contributed by atoms with Crippen molar-refractivity contribution in [2.45, 2.75) is 45.3 Å². The minimum atomic E-state index is -1.09. The molecular weight excluding hydrogens is 440 g/mol. The maximum atomic E-state index is 12.7. The van der Waals surface area contributed by atoms with Gasteiger partial charge in [0.15, 0.2) is 5.69 Å². The first-order valence-electron chi connectivity index (χ1n) is 10.6. The van der Waals surface area contributed by atoms with E-state index in [4.69, 9.17) is 18.6 Å². The third-order valence-corrected chi connectivity index (χ3v) is 4.73. The van der Waals surface area contributed by atoms with Gasteiger partial charge in [0, 0.05) is 18.1 Å². The van der Waals surface area contributed by atoms with Gasteiger partial charge < -0.3 is 23.9 Å². The second-order valence-electron chi connectivity index (χ2n) is 8.81. The molecule has 1 unspecified atom stereocenters. The van der Waals surface area contributed by atoms with E-state index in [0.717, 1.165) is 5.56 Å². The van der Waals surface area contributed by atoms with Crippen LogP contribution in [0.1, 0.15) is 49.6 Å². The number of methoxy groups -OCH3 is 2. The van der Waals surface area contributed by atoms with Crippen molar-refractivity contribution in [3.8, 4) is 17.3 Å². The van der Waals surface area contributed by atoms with Gasteiger partial charge in [-0.3, -0.25) is 0 Å². The quantitative estimate of drug-likeness (QED) is 0.514. The average Bonchev–Trinajstić information content (AvgIpc) is 3.28. The number of pyridine rings is 1. The monoisotopic (exact) mass is 468 g/mol. The maximum Gasteiger partial charge on any atom is 0.408 e. The van der Waals surface area contributed by atoms with E-state index in [0.29, 0.717) is 12.0 Å². The molecule has 0 spiro atoms. The van der Waals surface area contributed by atoms with Crippen LogP contribution in [-0.4, -0.2) is 47.1 Å². The van der Waals surface area contributed by atoms with Crippen molar-refractivity contribution in [1.82, 2.24) is 20.5 Å². The first kappa shape index (κ1) is 24.7. The molecule has 0 saturated carbocycles. The van der Waals surface area contributed by atoms with Gasteiger partial charge in [-0.1, -0.05) is 30.3 Å². The number of hydrogen-bond donors (Lipinski definition) is 1. The number of esters is 1. The molecule has 3 rings (SSSR count). The average molecular weight is 469 g/mol. The molecule has 1 amide bonds. The molecule has 0 aliphatic rings. The number of carbonyl (C=O) groups excluding carboxylic acids is 2. The number of alkyl carbamates (subject to hydrolysis) is 1. The molecule has 2 heterocycles. The SMILES string of the molecule is COC(=O)c1cc(-c2nnc(C(C)(Cc3ccccc3)NC(=O)OC(C)(C)C)o2)cc(OC)n1. The lowest BCUT2D eigenvalue weighted by Crippen LogP contribution is -2.47. The van der Waals surface area contributed by atoms with E-state index in [9.17, 15) is 9.59 Å². The number of nitrogens with zero attached hydrogens (tertiary/aromatic N) is 3. The number of amides is 1. The molecule has 0 aliphatic carbocycles. The van der Waals surface area contributed by atoms with Gasteiger partial charge in [0.2, 0.25) is 17.7 Å². The van der Waals surface area contributed by atoms with Gasteiger partial charge in [-0.25, -0.2) is 14.6 Å². The number of benzene rings is 1. The summed E-state index contributed by atoms with van der Waals surface area (Å²) in [5, 5.41) is 11.2. The highest BCUT2D eigenvalue weighted by atomic mass is 16.6. The number of carbonyl (C=O) groups is 2. The normalized spacial score (nSPS) is 13.0. The number of nitrogens with one attached hydrogen (secondary N) is 1. The van der Waals surface area contributed by atoms with Crippen molar-refractivity contribution in [3.05, 3.63) is 59.6 Å². The van der Waals surface area contributed by atoms with Crippen LogP contribution in [0.2, 0.25) is 0 Å². The topological polar surface area (TPSA) is 126 Å². The molecule has 180 valence electrons. The smallest absolute Gasteiger partial charge is 0.408 e. The summed E-state index contributed by atoms with van der Waals surface area (Å²) in [5.41, 5.74) is -0.396. The first-order chi connectivity index (χ1) is 16.0. The number of aromatic nitrogens is 3. The molecule has 3 aromatic rings. The van der Waals surface area contributed by atoms with Crippen molar-refractivity contribution in [3.63, 3.8) is 0 Å². The number of hydrogen-bond acceptors (Lipinski definition) is 9. The molecule has 1 atom stereocenters. The third-order valence-electron chi connectivity index (χ3n) is 4.73. The maximum absolute atomic E-state index is 12.7. The lowest BCUT2D eigenvalue weighted by Gasteiger charge is -2.29. The molecule has 0 aliphatic heterocycles. The van der Waals surface area contributed by atoms with Crippen LogP contribution in [0.4, 0.5) is 4.79 Å². The Bertz CT molecular complexity index is 1160. The van der Waals surface area contributed by atoms with Crippen LogP contribution in [0.5, 0.6) is 5.88 Å². The standard InChI is InChI=1S/C24H28N4O6/c1-23(2,3)34-22(30)26-24(4,14-15-10-8-7-9-11-15)21-28-27-19(33-21)16-12-17(20(29)32-6)25-18(13-16)31-5/h7-13H,14H2,1-6H3,(H,26,30). The molecular formula is C24H28N4O6. The van der Waals surface area contributed by atoms with Crippen LogP contribution in [0.25, 0.3) is 11.5 Å². The van der Waals surface area contributed by atoms with E-state index in [1.165, 1.54) is 20.3 Å². The summed E-state index contributed by atoms with van der Waals surface area (Å²) in [4.78, 5) is 28.7. The van der Waals surface area contributed by atoms with Crippen LogP contribution in [0, 0.1) is 0 Å². The molecule has 10 nitrogen and oxygen atoms in total. The van der Waals surface area contributed by atoms with Gasteiger partial charge in [-0.05, 0) is 39.3 Å². The second kappa shape index (κ2) is 9.90. The highest BCUT2D eigenvalue weighted by Crippen LogP contribution is 2.30. The number of rotatable bonds is 7. The van der Waals surface area contributed by atoms with E-state index >= 15 is 0 Å². The summed E-state index contributed by atoms with van der Waals surface area (Å²) in [5.74, 6) is -0.185. The van der Waals surface area contributed by atoms with Crippen molar-refractivity contribution in [2.24, 2.45) is 0 Å². The fourth-order valence-corrected chi connectivity index (χ4v) is 3.21. The third kappa shape index (κ3) is 6.09. The van der Waals surface area contributed by atoms with Gasteiger partial charge in [0.1, 0.15) is 11.1 Å². The minimum Gasteiger partial charge on any atom is -0.481 e. The Morgan fingerprint density at radius 2 is 1.74 bits per heavy atom. The summed E-state index contributed by atoms with van der Waals surface area (Å²) in [7, 11) is 2.68. The molecule has 1 N–H and O–H groups in total. The summed E-state index contributed by atoms with van der Waals surface area (Å²) in [6.45, 7) is 7.11. The molecule has 0 saturated heterocycles. The van der Waals surface area contributed by atoms with Crippen molar-refractivity contribution < 1.29 is 28.2 Å². The molecule has 2 aromatic heterocycles. The Morgan fingerprint density at radius 1 is 1.03 bits per heavy atom. The Morgan fingerprint density at radius 3 is 2.35 bits per heavy atom. The van der Waals surface area contributed by atoms with Gasteiger partial charge in [-0.15, -0.1) is 10.2 Å². The lowest BCUT2D eigenvalue weighted by molar-refractivity contribution is 0.0443. The van der Waals surface area contributed by atoms with Gasteiger partial charge in [0.05, 0.1) is 14.2 Å². The fraction of sp³-hybridized carbons (Fsp3) is 0.375. The second-order valence-corrected chi connectivity index (χ2v) is 8.81. The Balaban J connectivity index is 1.99. The zero-order valence-corrected chi connectivity index (χ0v) is 20.0. The summed E-state index contributed by atoms with van der Waals surface area (Å²) in [6.07, 6.45) is -0.258. The van der Waals surface area contributed by atoms with Gasteiger partial charge >= 0.3 is 12.1 Å². The minimum absolute atomic E-state index is 0.0236. The molecule has 34 heavy (non-hydrogen) atoms. The van der Waals surface area contributed by atoms with E-state index in [1.807, 2.05) is 30.3 Å². The predicted octanol–water partition coefficient (Wildman–Crippen LogP) is 3.91. The van der Waals surface area contributed by atoms with Gasteiger partial charge in [-0.2, -0.15) is 0 Å². The van der Waals surface area contributed by atoms with Crippen LogP contribution in [0.3, 0.4) is 0 Å². The van der Waals surface area contributed by atoms with E-state index in [2.05, 4.69) is 20.5 Å².